The molecule has 1 amide bonds. The second kappa shape index (κ2) is 12.0. The van der Waals surface area contributed by atoms with Gasteiger partial charge in [0.2, 0.25) is 5.91 Å². The summed E-state index contributed by atoms with van der Waals surface area (Å²) in [6.45, 7) is 4.14. The molecule has 1 fully saturated rings. The van der Waals surface area contributed by atoms with E-state index in [1.165, 1.54) is 0 Å². The van der Waals surface area contributed by atoms with Gasteiger partial charge in [-0.2, -0.15) is 0 Å². The predicted molar refractivity (Wildman–Crippen MR) is 143 cm³/mol. The topological polar surface area (TPSA) is 135 Å². The molecule has 0 radical (unpaired) electrons. The van der Waals surface area contributed by atoms with Gasteiger partial charge in [-0.05, 0) is 44.9 Å². The molecule has 4 heterocycles. The van der Waals surface area contributed by atoms with E-state index in [1.807, 2.05) is 26.1 Å². The summed E-state index contributed by atoms with van der Waals surface area (Å²) in [6.07, 6.45) is 7.63. The first-order chi connectivity index (χ1) is 18.5. The van der Waals surface area contributed by atoms with Crippen molar-refractivity contribution < 1.29 is 19.4 Å². The van der Waals surface area contributed by atoms with E-state index in [2.05, 4.69) is 30.5 Å². The van der Waals surface area contributed by atoms with Crippen LogP contribution in [0, 0.1) is 0 Å². The molecule has 1 aromatic carbocycles. The van der Waals surface area contributed by atoms with Gasteiger partial charge in [0.15, 0.2) is 11.6 Å². The second-order valence-corrected chi connectivity index (χ2v) is 9.89. The number of amides is 1. The van der Waals surface area contributed by atoms with Crippen molar-refractivity contribution in [2.75, 3.05) is 38.7 Å². The molecule has 202 valence electrons. The molecular weight excluding hydrogens is 486 g/mol. The maximum Gasteiger partial charge on any atom is 0.237 e. The lowest BCUT2D eigenvalue weighted by Crippen LogP contribution is -2.52. The van der Waals surface area contributed by atoms with Gasteiger partial charge in [0.25, 0.3) is 0 Å². The van der Waals surface area contributed by atoms with Crippen molar-refractivity contribution in [3.8, 4) is 16.9 Å². The van der Waals surface area contributed by atoms with E-state index >= 15 is 0 Å². The molecule has 0 spiro atoms. The average molecular weight is 522 g/mol. The van der Waals surface area contributed by atoms with Crippen LogP contribution in [0.3, 0.4) is 0 Å². The number of likely N-dealkylation sites (tertiary alicyclic amines) is 1. The Labute approximate surface area is 222 Å². The number of hydrogen-bond donors (Lipinski definition) is 3. The van der Waals surface area contributed by atoms with E-state index in [0.29, 0.717) is 55.3 Å². The zero-order valence-electron chi connectivity index (χ0n) is 21.9. The number of rotatable bonds is 6. The molecule has 5 rings (SSSR count). The number of carbonyl (C=O) groups excluding carboxylic acids is 1. The number of aliphatic hydroxyl groups is 1. The molecule has 2 aromatic heterocycles. The van der Waals surface area contributed by atoms with E-state index in [-0.39, 0.29) is 31.2 Å². The van der Waals surface area contributed by atoms with Gasteiger partial charge in [0.05, 0.1) is 37.1 Å². The van der Waals surface area contributed by atoms with E-state index in [0.717, 1.165) is 29.6 Å². The SMILES string of the molecule is CCC(O)COCc1ncc(-c2ccc3ncc4nc3c2OCCCNC(=O)[C@@H]2C[C@H](CCN2C)N4)cn1. The summed E-state index contributed by atoms with van der Waals surface area (Å²) in [4.78, 5) is 33.4. The monoisotopic (exact) mass is 521 g/mol. The average Bonchev–Trinajstić information content (AvgIpc) is 2.93. The van der Waals surface area contributed by atoms with E-state index < -0.39 is 6.10 Å². The van der Waals surface area contributed by atoms with Gasteiger partial charge < -0.3 is 25.2 Å². The Kier molecular flexibility index (Phi) is 8.26. The molecule has 2 aliphatic rings. The third-order valence-electron chi connectivity index (χ3n) is 7.09. The number of anilines is 1. The third kappa shape index (κ3) is 6.01. The van der Waals surface area contributed by atoms with Gasteiger partial charge in [0, 0.05) is 42.7 Å². The summed E-state index contributed by atoms with van der Waals surface area (Å²) in [6, 6.07) is 3.81. The maximum atomic E-state index is 12.8. The number of nitrogens with one attached hydrogen (secondary N) is 2. The van der Waals surface area contributed by atoms with Crippen molar-refractivity contribution in [2.24, 2.45) is 0 Å². The number of aliphatic hydroxyl groups excluding tert-OH is 1. The number of aromatic nitrogens is 4. The molecule has 1 saturated heterocycles. The standard InChI is InChI=1S/C27H35N7O4/c1-3-19(35)15-37-16-24-30-12-17(13-31-24)20-5-6-21-25-26(20)38-10-4-8-28-27(36)22-11-18(7-9-34(22)2)32-23(33-25)14-29-21/h5-6,12-14,18-19,22,35H,3-4,7-11,15-16H2,1-2H3,(H,28,36)(H,32,33)/t18-,19?,22-/m0/s1. The summed E-state index contributed by atoms with van der Waals surface area (Å²) >= 11 is 0. The highest BCUT2D eigenvalue weighted by Gasteiger charge is 2.31. The highest BCUT2D eigenvalue weighted by molar-refractivity contribution is 5.90. The normalized spacial score (nSPS) is 21.3. The molecule has 2 aliphatic heterocycles. The van der Waals surface area contributed by atoms with Crippen molar-refractivity contribution >= 4 is 22.8 Å². The molecule has 11 nitrogen and oxygen atoms in total. The van der Waals surface area contributed by atoms with Crippen LogP contribution in [0.15, 0.2) is 30.7 Å². The van der Waals surface area contributed by atoms with Crippen LogP contribution in [0.5, 0.6) is 5.75 Å². The van der Waals surface area contributed by atoms with Crippen LogP contribution in [-0.2, 0) is 16.1 Å². The molecule has 11 heteroatoms. The first-order valence-corrected chi connectivity index (χ1v) is 13.3. The van der Waals surface area contributed by atoms with E-state index in [4.69, 9.17) is 14.5 Å². The minimum Gasteiger partial charge on any atom is -0.491 e. The first kappa shape index (κ1) is 26.2. The Balaban J connectivity index is 1.43. The van der Waals surface area contributed by atoms with Crippen LogP contribution in [0.25, 0.3) is 22.2 Å². The number of fused-ring (bicyclic) bond motifs is 3. The molecule has 1 unspecified atom stereocenters. The van der Waals surface area contributed by atoms with E-state index in [9.17, 15) is 9.90 Å². The maximum absolute atomic E-state index is 12.8. The highest BCUT2D eigenvalue weighted by Crippen LogP contribution is 2.36. The quantitative estimate of drug-likeness (QED) is 0.443. The largest absolute Gasteiger partial charge is 0.491 e. The molecule has 4 bridgehead atoms. The van der Waals surface area contributed by atoms with Gasteiger partial charge >= 0.3 is 0 Å². The third-order valence-corrected chi connectivity index (χ3v) is 7.09. The zero-order valence-corrected chi connectivity index (χ0v) is 21.9. The zero-order chi connectivity index (χ0) is 26.5. The second-order valence-electron chi connectivity index (χ2n) is 9.89. The number of benzene rings is 1. The van der Waals surface area contributed by atoms with E-state index in [1.54, 1.807) is 18.6 Å². The molecule has 0 aliphatic carbocycles. The lowest BCUT2D eigenvalue weighted by Gasteiger charge is -2.36. The number of ether oxygens (including phenoxy) is 2. The molecular formula is C27H35N7O4. The molecule has 3 atom stereocenters. The van der Waals surface area contributed by atoms with Crippen molar-refractivity contribution in [1.82, 2.24) is 30.2 Å². The number of carbonyl (C=O) groups is 1. The Morgan fingerprint density at radius 3 is 2.89 bits per heavy atom. The van der Waals surface area contributed by atoms with Crippen LogP contribution < -0.4 is 15.4 Å². The van der Waals surface area contributed by atoms with Crippen molar-refractivity contribution in [3.63, 3.8) is 0 Å². The van der Waals surface area contributed by atoms with Gasteiger partial charge in [-0.25, -0.2) is 15.0 Å². The molecule has 3 N–H and O–H groups in total. The number of piperidine rings is 1. The van der Waals surface area contributed by atoms with Crippen LogP contribution in [0.1, 0.15) is 38.4 Å². The van der Waals surface area contributed by atoms with Gasteiger partial charge in [-0.3, -0.25) is 14.7 Å². The number of nitrogens with zero attached hydrogens (tertiary/aromatic N) is 5. The fourth-order valence-corrected chi connectivity index (χ4v) is 4.77. The Morgan fingerprint density at radius 1 is 1.24 bits per heavy atom. The van der Waals surface area contributed by atoms with Gasteiger partial charge in [-0.1, -0.05) is 6.92 Å². The lowest BCUT2D eigenvalue weighted by molar-refractivity contribution is -0.127. The van der Waals surface area contributed by atoms with Crippen LogP contribution in [-0.4, -0.2) is 87.4 Å². The van der Waals surface area contributed by atoms with Crippen molar-refractivity contribution in [3.05, 3.63) is 36.5 Å². The van der Waals surface area contributed by atoms with Crippen molar-refractivity contribution in [2.45, 2.75) is 57.4 Å². The number of likely N-dealkylation sites (N-methyl/N-ethyl adjacent to an activating group) is 1. The first-order valence-electron chi connectivity index (χ1n) is 13.3. The summed E-state index contributed by atoms with van der Waals surface area (Å²) in [5, 5.41) is 16.2. The van der Waals surface area contributed by atoms with Crippen LogP contribution in [0.4, 0.5) is 5.82 Å². The fourth-order valence-electron chi connectivity index (χ4n) is 4.77. The summed E-state index contributed by atoms with van der Waals surface area (Å²) < 4.78 is 11.8. The Hall–Kier alpha value is -3.41. The van der Waals surface area contributed by atoms with Gasteiger partial charge in [0.1, 0.15) is 17.9 Å². The molecule has 3 aromatic rings. The minimum absolute atomic E-state index is 0.0455. The highest BCUT2D eigenvalue weighted by atomic mass is 16.5. The summed E-state index contributed by atoms with van der Waals surface area (Å²) in [5.74, 6) is 1.85. The van der Waals surface area contributed by atoms with Crippen LogP contribution in [0.2, 0.25) is 0 Å². The van der Waals surface area contributed by atoms with Crippen LogP contribution >= 0.6 is 0 Å². The molecule has 38 heavy (non-hydrogen) atoms. The molecule has 0 saturated carbocycles. The minimum atomic E-state index is -0.490. The smallest absolute Gasteiger partial charge is 0.237 e. The Bertz CT molecular complexity index is 1260. The summed E-state index contributed by atoms with van der Waals surface area (Å²) in [7, 11) is 2.00. The lowest BCUT2D eigenvalue weighted by atomic mass is 9.97. The predicted octanol–water partition coefficient (Wildman–Crippen LogP) is 2.15. The fraction of sp³-hybridized carbons (Fsp3) is 0.519. The Morgan fingerprint density at radius 2 is 2.08 bits per heavy atom. The summed E-state index contributed by atoms with van der Waals surface area (Å²) in [5.41, 5.74) is 3.00. The van der Waals surface area contributed by atoms with Gasteiger partial charge in [-0.15, -0.1) is 0 Å². The van der Waals surface area contributed by atoms with Crippen molar-refractivity contribution in [1.29, 1.82) is 0 Å². The number of hydrogen-bond acceptors (Lipinski definition) is 10.